The minimum atomic E-state index is -4.37. The van der Waals surface area contributed by atoms with Gasteiger partial charge in [-0.3, -0.25) is 40.5 Å². The summed E-state index contributed by atoms with van der Waals surface area (Å²) in [4.78, 5) is 40.8. The quantitative estimate of drug-likeness (QED) is 0.309. The standard InChI is InChI=1S/C16H14Cl2N6O10S/c1-19(7-9-3-11(21(25)26)15(17)12(4-9)22(27)28)35(33,34)20(2)8-10-5-13(23(29)30)16(18)14(6-10)24(31)32/h3-6H,7-8H2,1-2H3. The number of halogens is 2. The lowest BCUT2D eigenvalue weighted by atomic mass is 10.1. The summed E-state index contributed by atoms with van der Waals surface area (Å²) in [7, 11) is -2.22. The van der Waals surface area contributed by atoms with E-state index in [-0.39, 0.29) is 11.1 Å². The van der Waals surface area contributed by atoms with Gasteiger partial charge in [-0.2, -0.15) is 17.0 Å². The van der Waals surface area contributed by atoms with Crippen molar-refractivity contribution in [2.45, 2.75) is 13.1 Å². The molecule has 16 nitrogen and oxygen atoms in total. The molecular formula is C16H14Cl2N6O10S. The average Bonchev–Trinajstić information content (AvgIpc) is 2.74. The van der Waals surface area contributed by atoms with Gasteiger partial charge in [0.1, 0.15) is 0 Å². The van der Waals surface area contributed by atoms with Crippen molar-refractivity contribution in [3.8, 4) is 0 Å². The monoisotopic (exact) mass is 552 g/mol. The van der Waals surface area contributed by atoms with Crippen molar-refractivity contribution < 1.29 is 28.1 Å². The highest BCUT2D eigenvalue weighted by Gasteiger charge is 2.30. The lowest BCUT2D eigenvalue weighted by Crippen LogP contribution is -2.38. The molecule has 0 amide bonds. The van der Waals surface area contributed by atoms with Gasteiger partial charge in [0.25, 0.3) is 33.0 Å². The van der Waals surface area contributed by atoms with Crippen molar-refractivity contribution in [1.82, 2.24) is 8.61 Å². The Balaban J connectivity index is 2.39. The zero-order chi connectivity index (χ0) is 26.8. The van der Waals surface area contributed by atoms with Gasteiger partial charge in [0.05, 0.1) is 19.7 Å². The van der Waals surface area contributed by atoms with Crippen molar-refractivity contribution in [3.05, 3.63) is 85.9 Å². The molecule has 0 heterocycles. The van der Waals surface area contributed by atoms with Crippen molar-refractivity contribution in [3.63, 3.8) is 0 Å². The second-order valence-corrected chi connectivity index (χ2v) is 9.84. The Hall–Kier alpha value is -3.51. The van der Waals surface area contributed by atoms with Crippen LogP contribution in [-0.4, -0.2) is 50.8 Å². The van der Waals surface area contributed by atoms with Crippen molar-refractivity contribution >= 4 is 56.2 Å². The first-order chi connectivity index (χ1) is 16.1. The van der Waals surface area contributed by atoms with Crippen LogP contribution in [0.2, 0.25) is 10.0 Å². The van der Waals surface area contributed by atoms with Gasteiger partial charge in [0.15, 0.2) is 10.0 Å². The summed E-state index contributed by atoms with van der Waals surface area (Å²) in [6.45, 7) is -1.10. The third kappa shape index (κ3) is 5.95. The summed E-state index contributed by atoms with van der Waals surface area (Å²) in [5, 5.41) is 43.2. The molecule has 0 aromatic heterocycles. The van der Waals surface area contributed by atoms with Gasteiger partial charge < -0.3 is 0 Å². The fourth-order valence-corrected chi connectivity index (χ4v) is 4.53. The number of hydrogen-bond acceptors (Lipinski definition) is 10. The Morgan fingerprint density at radius 3 is 1.09 bits per heavy atom. The molecule has 19 heteroatoms. The normalized spacial score (nSPS) is 11.6. The van der Waals surface area contributed by atoms with Crippen LogP contribution in [0.5, 0.6) is 0 Å². The number of nitrogens with zero attached hydrogens (tertiary/aromatic N) is 6. The van der Waals surface area contributed by atoms with E-state index in [0.29, 0.717) is 8.61 Å². The maximum atomic E-state index is 12.9. The number of nitro groups is 4. The Kier molecular flexibility index (Phi) is 8.24. The molecule has 2 aromatic rings. The first-order valence-electron chi connectivity index (χ1n) is 8.97. The molecule has 0 radical (unpaired) electrons. The molecule has 0 atom stereocenters. The molecule has 188 valence electrons. The number of benzene rings is 2. The number of nitro benzene ring substituents is 4. The third-order valence-corrected chi connectivity index (χ3v) is 7.18. The first kappa shape index (κ1) is 27.7. The van der Waals surface area contributed by atoms with Crippen LogP contribution in [0, 0.1) is 40.5 Å². The molecule has 0 unspecified atom stereocenters. The van der Waals surface area contributed by atoms with Crippen LogP contribution in [0.15, 0.2) is 24.3 Å². The highest BCUT2D eigenvalue weighted by Crippen LogP contribution is 2.36. The van der Waals surface area contributed by atoms with Crippen LogP contribution < -0.4 is 0 Å². The second-order valence-electron chi connectivity index (χ2n) is 6.94. The molecule has 0 fully saturated rings. The molecule has 0 aliphatic rings. The van der Waals surface area contributed by atoms with Crippen LogP contribution in [0.4, 0.5) is 22.7 Å². The van der Waals surface area contributed by atoms with Crippen molar-refractivity contribution in [1.29, 1.82) is 0 Å². The molecular weight excluding hydrogens is 539 g/mol. The van der Waals surface area contributed by atoms with Crippen molar-refractivity contribution in [2.24, 2.45) is 0 Å². The van der Waals surface area contributed by atoms with E-state index in [0.717, 1.165) is 38.4 Å². The van der Waals surface area contributed by atoms with Gasteiger partial charge in [-0.1, -0.05) is 23.2 Å². The predicted octanol–water partition coefficient (Wildman–Crippen LogP) is 3.43. The fraction of sp³-hybridized carbons (Fsp3) is 0.250. The van der Waals surface area contributed by atoms with E-state index in [2.05, 4.69) is 0 Å². The molecule has 2 rings (SSSR count). The molecule has 0 spiro atoms. The summed E-state index contributed by atoms with van der Waals surface area (Å²) in [6.07, 6.45) is 0. The molecule has 0 saturated heterocycles. The van der Waals surface area contributed by atoms with Crippen LogP contribution >= 0.6 is 23.2 Å². The van der Waals surface area contributed by atoms with Crippen LogP contribution in [-0.2, 0) is 23.3 Å². The van der Waals surface area contributed by atoms with Gasteiger partial charge in [-0.25, -0.2) is 0 Å². The Bertz CT molecular complexity index is 1190. The van der Waals surface area contributed by atoms with Gasteiger partial charge >= 0.3 is 0 Å². The molecule has 35 heavy (non-hydrogen) atoms. The largest absolute Gasteiger partial charge is 0.295 e. The minimum absolute atomic E-state index is 0.120. The topological polar surface area (TPSA) is 213 Å². The van der Waals surface area contributed by atoms with Crippen LogP contribution in [0.25, 0.3) is 0 Å². The summed E-state index contributed by atoms with van der Waals surface area (Å²) in [5.41, 5.74) is -3.42. The lowest BCUT2D eigenvalue weighted by molar-refractivity contribution is -0.394. The molecule has 0 bridgehead atoms. The zero-order valence-corrected chi connectivity index (χ0v) is 20.0. The highest BCUT2D eigenvalue weighted by molar-refractivity contribution is 7.86. The van der Waals surface area contributed by atoms with E-state index in [1.54, 1.807) is 0 Å². The zero-order valence-electron chi connectivity index (χ0n) is 17.7. The highest BCUT2D eigenvalue weighted by atomic mass is 35.5. The molecule has 2 aromatic carbocycles. The van der Waals surface area contributed by atoms with Gasteiger partial charge in [0, 0.05) is 51.5 Å². The van der Waals surface area contributed by atoms with Crippen LogP contribution in [0.1, 0.15) is 11.1 Å². The smallest absolute Gasteiger partial charge is 0.258 e. The summed E-state index contributed by atoms with van der Waals surface area (Å²) in [5.74, 6) is 0. The average molecular weight is 553 g/mol. The van der Waals surface area contributed by atoms with Gasteiger partial charge in [-0.15, -0.1) is 0 Å². The molecule has 0 aliphatic heterocycles. The minimum Gasteiger partial charge on any atom is -0.258 e. The third-order valence-electron chi connectivity index (χ3n) is 4.57. The van der Waals surface area contributed by atoms with E-state index < -0.39 is 75.8 Å². The van der Waals surface area contributed by atoms with Gasteiger partial charge in [0.2, 0.25) is 0 Å². The maximum absolute atomic E-state index is 12.9. The number of hydrogen-bond donors (Lipinski definition) is 0. The van der Waals surface area contributed by atoms with E-state index in [4.69, 9.17) is 23.2 Å². The molecule has 0 aliphatic carbocycles. The lowest BCUT2D eigenvalue weighted by Gasteiger charge is -2.24. The first-order valence-corrected chi connectivity index (χ1v) is 11.1. The van der Waals surface area contributed by atoms with E-state index in [1.807, 2.05) is 0 Å². The fourth-order valence-electron chi connectivity index (χ4n) is 2.93. The maximum Gasteiger partial charge on any atom is 0.295 e. The predicted molar refractivity (Wildman–Crippen MR) is 121 cm³/mol. The summed E-state index contributed by atoms with van der Waals surface area (Å²) in [6, 6.07) is 3.53. The Morgan fingerprint density at radius 2 is 0.886 bits per heavy atom. The van der Waals surface area contributed by atoms with E-state index in [9.17, 15) is 48.9 Å². The van der Waals surface area contributed by atoms with Gasteiger partial charge in [-0.05, 0) is 11.1 Å². The Labute approximate surface area is 206 Å². The summed E-state index contributed by atoms with van der Waals surface area (Å²) < 4.78 is 27.2. The Morgan fingerprint density at radius 1 is 0.657 bits per heavy atom. The number of rotatable bonds is 10. The molecule has 0 N–H and O–H groups in total. The van der Waals surface area contributed by atoms with E-state index in [1.165, 1.54) is 0 Å². The summed E-state index contributed by atoms with van der Waals surface area (Å²) >= 11 is 11.4. The SMILES string of the molecule is CN(Cc1cc([N+](=O)[O-])c(Cl)c([N+](=O)[O-])c1)S(=O)(=O)N(C)Cc1cc([N+](=O)[O-])c(Cl)c([N+](=O)[O-])c1. The van der Waals surface area contributed by atoms with Crippen molar-refractivity contribution in [2.75, 3.05) is 14.1 Å². The molecule has 0 saturated carbocycles. The van der Waals surface area contributed by atoms with E-state index >= 15 is 0 Å². The second kappa shape index (κ2) is 10.4. The van der Waals surface area contributed by atoms with Crippen LogP contribution in [0.3, 0.4) is 0 Å².